The Labute approximate surface area is 95.5 Å². The van der Waals surface area contributed by atoms with Crippen LogP contribution in [0.4, 0.5) is 0 Å². The molecule has 0 aromatic heterocycles. The molecule has 0 saturated carbocycles. The van der Waals surface area contributed by atoms with Gasteiger partial charge in [-0.25, -0.2) is 4.79 Å². The third kappa shape index (κ3) is 5.24. The second-order valence-electron chi connectivity index (χ2n) is 3.18. The maximum Gasteiger partial charge on any atom is 0.333 e. The molecule has 0 aliphatic carbocycles. The minimum Gasteiger partial charge on any atom is -0.460 e. The summed E-state index contributed by atoms with van der Waals surface area (Å²) in [5, 5.41) is -1.05. The van der Waals surface area contributed by atoms with Gasteiger partial charge in [-0.1, -0.05) is 13.5 Å². The highest BCUT2D eigenvalue weighted by Gasteiger charge is 2.20. The largest absolute Gasteiger partial charge is 0.460 e. The van der Waals surface area contributed by atoms with Crippen LogP contribution in [0.2, 0.25) is 0 Å². The Hall–Kier alpha value is -0.920. The second kappa shape index (κ2) is 6.62. The van der Waals surface area contributed by atoms with Crippen molar-refractivity contribution in [2.45, 2.75) is 25.6 Å². The molecule has 0 aliphatic heterocycles. The molecule has 6 nitrogen and oxygen atoms in total. The molecular formula is C9H17NO5S. The summed E-state index contributed by atoms with van der Waals surface area (Å²) in [5.74, 6) is -0.583. The van der Waals surface area contributed by atoms with Crippen molar-refractivity contribution in [3.05, 3.63) is 12.2 Å². The van der Waals surface area contributed by atoms with E-state index in [2.05, 4.69) is 15.5 Å². The van der Waals surface area contributed by atoms with Gasteiger partial charge in [0.25, 0.3) is 10.1 Å². The van der Waals surface area contributed by atoms with Gasteiger partial charge in [0.05, 0.1) is 0 Å². The van der Waals surface area contributed by atoms with Crippen molar-refractivity contribution in [1.82, 2.24) is 0 Å². The van der Waals surface area contributed by atoms with Crippen LogP contribution in [0.3, 0.4) is 0 Å². The zero-order valence-electron chi connectivity index (χ0n) is 9.43. The molecule has 94 valence electrons. The molecule has 1 atom stereocenters. The molecule has 0 aromatic carbocycles. The quantitative estimate of drug-likeness (QED) is 0.299. The average Bonchev–Trinajstić information content (AvgIpc) is 2.22. The normalized spacial score (nSPS) is 13.2. The Morgan fingerprint density at radius 2 is 2.00 bits per heavy atom. The van der Waals surface area contributed by atoms with Gasteiger partial charge in [-0.2, -0.15) is 8.42 Å². The first kappa shape index (κ1) is 15.1. The van der Waals surface area contributed by atoms with Crippen LogP contribution in [0, 0.1) is 0 Å². The van der Waals surface area contributed by atoms with E-state index in [-0.39, 0.29) is 25.2 Å². The number of rotatable bonds is 7. The van der Waals surface area contributed by atoms with Crippen LogP contribution in [0.1, 0.15) is 20.3 Å². The molecule has 0 heterocycles. The van der Waals surface area contributed by atoms with E-state index in [0.717, 1.165) is 0 Å². The fraction of sp³-hybridized carbons (Fsp3) is 0.667. The van der Waals surface area contributed by atoms with Crippen LogP contribution in [0.25, 0.3) is 0 Å². The number of esters is 1. The maximum absolute atomic E-state index is 11.2. The van der Waals surface area contributed by atoms with E-state index in [1.54, 1.807) is 6.92 Å². The number of nitrogens with two attached hydrogens (primary N) is 1. The smallest absolute Gasteiger partial charge is 0.333 e. The second-order valence-corrected chi connectivity index (χ2v) is 5.00. The Morgan fingerprint density at radius 1 is 1.44 bits per heavy atom. The van der Waals surface area contributed by atoms with Crippen LogP contribution in [0.15, 0.2) is 12.2 Å². The van der Waals surface area contributed by atoms with Gasteiger partial charge in [0.15, 0.2) is 0 Å². The van der Waals surface area contributed by atoms with Gasteiger partial charge in [-0.15, -0.1) is 0 Å². The summed E-state index contributed by atoms with van der Waals surface area (Å²) < 4.78 is 31.7. The molecule has 0 aromatic rings. The first-order valence-corrected chi connectivity index (χ1v) is 6.24. The Kier molecular flexibility index (Phi) is 6.24. The predicted octanol–water partition coefficient (Wildman–Crippen LogP) is 0.147. The zero-order valence-corrected chi connectivity index (χ0v) is 10.2. The first-order chi connectivity index (χ1) is 7.31. The average molecular weight is 251 g/mol. The summed E-state index contributed by atoms with van der Waals surface area (Å²) in [6.07, 6.45) is 0.258. The molecule has 0 rings (SSSR count). The van der Waals surface area contributed by atoms with Crippen molar-refractivity contribution in [2.75, 3.05) is 13.2 Å². The summed E-state index contributed by atoms with van der Waals surface area (Å²) in [4.78, 5) is 10.9. The molecule has 0 fully saturated rings. The Balaban J connectivity index is 3.92. The van der Waals surface area contributed by atoms with Crippen molar-refractivity contribution >= 4 is 16.1 Å². The zero-order chi connectivity index (χ0) is 12.8. The SMILES string of the molecule is C=C(C)C(=O)OCCOS(=O)(=O)C(N)CC. The van der Waals surface area contributed by atoms with Crippen LogP contribution >= 0.6 is 0 Å². The number of hydrogen-bond donors (Lipinski definition) is 1. The van der Waals surface area contributed by atoms with Crippen molar-refractivity contribution in [3.8, 4) is 0 Å². The predicted molar refractivity (Wildman–Crippen MR) is 58.9 cm³/mol. The highest BCUT2D eigenvalue weighted by atomic mass is 32.2. The van der Waals surface area contributed by atoms with Gasteiger partial charge in [-0.05, 0) is 13.3 Å². The summed E-state index contributed by atoms with van der Waals surface area (Å²) in [6, 6.07) is 0. The molecule has 0 saturated heterocycles. The van der Waals surface area contributed by atoms with Crippen molar-refractivity contribution in [1.29, 1.82) is 0 Å². The molecule has 16 heavy (non-hydrogen) atoms. The molecule has 2 N–H and O–H groups in total. The van der Waals surface area contributed by atoms with Crippen LogP contribution in [-0.4, -0.2) is 33.0 Å². The number of ether oxygens (including phenoxy) is 1. The lowest BCUT2D eigenvalue weighted by atomic mass is 10.4. The topological polar surface area (TPSA) is 95.7 Å². The van der Waals surface area contributed by atoms with Gasteiger partial charge in [0, 0.05) is 5.57 Å². The van der Waals surface area contributed by atoms with E-state index >= 15 is 0 Å². The van der Waals surface area contributed by atoms with E-state index < -0.39 is 21.5 Å². The number of carbonyl (C=O) groups is 1. The maximum atomic E-state index is 11.2. The van der Waals surface area contributed by atoms with Gasteiger partial charge in [0.1, 0.15) is 18.6 Å². The molecule has 7 heteroatoms. The van der Waals surface area contributed by atoms with Crippen molar-refractivity contribution < 1.29 is 22.1 Å². The van der Waals surface area contributed by atoms with Gasteiger partial charge in [-0.3, -0.25) is 4.18 Å². The summed E-state index contributed by atoms with van der Waals surface area (Å²) in [5.41, 5.74) is 5.55. The Morgan fingerprint density at radius 3 is 2.44 bits per heavy atom. The Bertz CT molecular complexity index is 349. The molecule has 0 amide bonds. The minimum atomic E-state index is -3.76. The standard InChI is InChI=1S/C9H17NO5S/c1-4-8(10)16(12,13)15-6-5-14-9(11)7(2)3/h8H,2,4-6,10H2,1,3H3. The lowest BCUT2D eigenvalue weighted by Gasteiger charge is -2.10. The third-order valence-electron chi connectivity index (χ3n) is 1.69. The minimum absolute atomic E-state index is 0.151. The molecule has 0 spiro atoms. The highest BCUT2D eigenvalue weighted by Crippen LogP contribution is 2.02. The van der Waals surface area contributed by atoms with Gasteiger partial charge in [0.2, 0.25) is 0 Å². The molecule has 0 radical (unpaired) electrons. The first-order valence-electron chi connectivity index (χ1n) is 4.77. The van der Waals surface area contributed by atoms with Crippen LogP contribution in [-0.2, 0) is 23.8 Å². The van der Waals surface area contributed by atoms with E-state index in [4.69, 9.17) is 5.73 Å². The van der Waals surface area contributed by atoms with Gasteiger partial charge >= 0.3 is 5.97 Å². The summed E-state index contributed by atoms with van der Waals surface area (Å²) in [6.45, 7) is 6.10. The van der Waals surface area contributed by atoms with Crippen LogP contribution < -0.4 is 5.73 Å². The molecule has 1 unspecified atom stereocenters. The van der Waals surface area contributed by atoms with Gasteiger partial charge < -0.3 is 10.5 Å². The summed E-state index contributed by atoms with van der Waals surface area (Å²) >= 11 is 0. The third-order valence-corrected chi connectivity index (χ3v) is 3.26. The van der Waals surface area contributed by atoms with E-state index in [1.165, 1.54) is 6.92 Å². The molecular weight excluding hydrogens is 234 g/mol. The van der Waals surface area contributed by atoms with Crippen molar-refractivity contribution in [2.24, 2.45) is 5.73 Å². The number of hydrogen-bond acceptors (Lipinski definition) is 6. The lowest BCUT2D eigenvalue weighted by Crippen LogP contribution is -2.32. The van der Waals surface area contributed by atoms with Crippen LogP contribution in [0.5, 0.6) is 0 Å². The van der Waals surface area contributed by atoms with Crippen molar-refractivity contribution in [3.63, 3.8) is 0 Å². The fourth-order valence-corrected chi connectivity index (χ4v) is 1.58. The fourth-order valence-electron chi connectivity index (χ4n) is 0.699. The molecule has 0 bridgehead atoms. The highest BCUT2D eigenvalue weighted by molar-refractivity contribution is 7.87. The summed E-state index contributed by atoms with van der Waals surface area (Å²) in [7, 11) is -3.76. The molecule has 0 aliphatic rings. The van der Waals surface area contributed by atoms with E-state index in [9.17, 15) is 13.2 Å². The lowest BCUT2D eigenvalue weighted by molar-refractivity contribution is -0.139. The van der Waals surface area contributed by atoms with E-state index in [0.29, 0.717) is 0 Å². The van der Waals surface area contributed by atoms with E-state index in [1.807, 2.05) is 0 Å². The monoisotopic (exact) mass is 251 g/mol. The number of carbonyl (C=O) groups excluding carboxylic acids is 1.